The molecule has 114 valence electrons. The van der Waals surface area contributed by atoms with Gasteiger partial charge in [-0.15, -0.1) is 0 Å². The Morgan fingerprint density at radius 2 is 2.19 bits per heavy atom. The zero-order valence-electron chi connectivity index (χ0n) is 12.6. The van der Waals surface area contributed by atoms with E-state index in [1.54, 1.807) is 6.07 Å². The predicted molar refractivity (Wildman–Crippen MR) is 78.4 cm³/mol. The van der Waals surface area contributed by atoms with Crippen LogP contribution in [0.2, 0.25) is 0 Å². The average molecular weight is 290 g/mol. The Morgan fingerprint density at radius 3 is 2.86 bits per heavy atom. The normalized spacial score (nSPS) is 18.8. The molecule has 2 rings (SSSR count). The molecule has 0 saturated carbocycles. The second-order valence-electron chi connectivity index (χ2n) is 5.91. The predicted octanol–water partition coefficient (Wildman–Crippen LogP) is 1.01. The molecule has 1 atom stereocenters. The molecule has 2 N–H and O–H groups in total. The fourth-order valence-corrected chi connectivity index (χ4v) is 2.74. The Kier molecular flexibility index (Phi) is 4.88. The number of rotatable bonds is 4. The van der Waals surface area contributed by atoms with E-state index in [4.69, 9.17) is 5.73 Å². The van der Waals surface area contributed by atoms with Gasteiger partial charge >= 0.3 is 0 Å². The molecule has 0 radical (unpaired) electrons. The van der Waals surface area contributed by atoms with E-state index in [1.807, 2.05) is 18.7 Å². The van der Waals surface area contributed by atoms with Gasteiger partial charge in [0.05, 0.1) is 0 Å². The number of nitrogens with zero attached hydrogens (tertiary/aromatic N) is 3. The topological polar surface area (TPSA) is 89.2 Å². The maximum absolute atomic E-state index is 12.1. The van der Waals surface area contributed by atoms with Crippen LogP contribution in [0.5, 0.6) is 0 Å². The monoisotopic (exact) mass is 290 g/mol. The van der Waals surface area contributed by atoms with Gasteiger partial charge in [-0.2, -0.15) is 0 Å². The van der Waals surface area contributed by atoms with Gasteiger partial charge in [0.25, 0.3) is 5.91 Å². The van der Waals surface area contributed by atoms with Gasteiger partial charge < -0.3 is 10.6 Å². The van der Waals surface area contributed by atoms with Crippen LogP contribution in [0.15, 0.2) is 12.4 Å². The number of carbonyl (C=O) groups is 2. The van der Waals surface area contributed by atoms with Crippen molar-refractivity contribution in [3.63, 3.8) is 0 Å². The lowest BCUT2D eigenvalue weighted by Gasteiger charge is -2.33. The Labute approximate surface area is 124 Å². The molecule has 1 aromatic rings. The molecule has 1 saturated heterocycles. The van der Waals surface area contributed by atoms with E-state index in [-0.39, 0.29) is 17.5 Å². The standard InChI is InChI=1S/C15H22N4O2/c1-10(2)15(21)19-5-3-4-11(8-19)6-12-7-13(14(16)20)18-9-17-12/h7,9-11H,3-6,8H2,1-2H3,(H2,16,20)/t11-/m0/s1. The molecule has 0 bridgehead atoms. The molecule has 0 aromatic carbocycles. The number of likely N-dealkylation sites (tertiary alicyclic amines) is 1. The number of aromatic nitrogens is 2. The van der Waals surface area contributed by atoms with E-state index < -0.39 is 5.91 Å². The van der Waals surface area contributed by atoms with Gasteiger partial charge in [-0.1, -0.05) is 13.8 Å². The molecule has 21 heavy (non-hydrogen) atoms. The van der Waals surface area contributed by atoms with Gasteiger partial charge in [0.15, 0.2) is 0 Å². The van der Waals surface area contributed by atoms with Crippen molar-refractivity contribution in [2.45, 2.75) is 33.1 Å². The molecule has 6 nitrogen and oxygen atoms in total. The highest BCUT2D eigenvalue weighted by Crippen LogP contribution is 2.21. The highest BCUT2D eigenvalue weighted by molar-refractivity contribution is 5.90. The van der Waals surface area contributed by atoms with E-state index in [2.05, 4.69) is 9.97 Å². The zero-order valence-corrected chi connectivity index (χ0v) is 12.6. The van der Waals surface area contributed by atoms with Crippen LogP contribution in [0.1, 0.15) is 42.9 Å². The summed E-state index contributed by atoms with van der Waals surface area (Å²) in [5.74, 6) is 0.0699. The second-order valence-corrected chi connectivity index (χ2v) is 5.91. The number of carbonyl (C=O) groups excluding carboxylic acids is 2. The minimum absolute atomic E-state index is 0.0317. The van der Waals surface area contributed by atoms with E-state index in [1.165, 1.54) is 6.33 Å². The smallest absolute Gasteiger partial charge is 0.267 e. The lowest BCUT2D eigenvalue weighted by Crippen LogP contribution is -2.42. The van der Waals surface area contributed by atoms with Crippen molar-refractivity contribution < 1.29 is 9.59 Å². The Balaban J connectivity index is 2.01. The lowest BCUT2D eigenvalue weighted by atomic mass is 9.92. The molecule has 6 heteroatoms. The SMILES string of the molecule is CC(C)C(=O)N1CCC[C@@H](Cc2cc(C(N)=O)ncn2)C1. The van der Waals surface area contributed by atoms with E-state index in [0.717, 1.165) is 38.0 Å². The minimum Gasteiger partial charge on any atom is -0.364 e. The molecule has 2 amide bonds. The summed E-state index contributed by atoms with van der Waals surface area (Å²) in [7, 11) is 0. The Hall–Kier alpha value is -1.98. The van der Waals surface area contributed by atoms with Crippen molar-refractivity contribution in [2.75, 3.05) is 13.1 Å². The summed E-state index contributed by atoms with van der Waals surface area (Å²) >= 11 is 0. The number of amides is 2. The minimum atomic E-state index is -0.543. The third-order valence-corrected chi connectivity index (χ3v) is 3.80. The highest BCUT2D eigenvalue weighted by atomic mass is 16.2. The summed E-state index contributed by atoms with van der Waals surface area (Å²) in [6.07, 6.45) is 4.19. The van der Waals surface area contributed by atoms with Crippen molar-refractivity contribution >= 4 is 11.8 Å². The first kappa shape index (κ1) is 15.4. The molecule has 1 aliphatic rings. The van der Waals surface area contributed by atoms with E-state index in [0.29, 0.717) is 5.92 Å². The molecule has 0 spiro atoms. The molecule has 0 unspecified atom stereocenters. The maximum atomic E-state index is 12.1. The lowest BCUT2D eigenvalue weighted by molar-refractivity contribution is -0.136. The Bertz CT molecular complexity index is 530. The summed E-state index contributed by atoms with van der Waals surface area (Å²) in [4.78, 5) is 33.2. The van der Waals surface area contributed by atoms with Gasteiger partial charge in [-0.3, -0.25) is 9.59 Å². The first-order chi connectivity index (χ1) is 9.97. The maximum Gasteiger partial charge on any atom is 0.267 e. The van der Waals surface area contributed by atoms with Crippen LogP contribution in [-0.4, -0.2) is 39.8 Å². The second kappa shape index (κ2) is 6.65. The largest absolute Gasteiger partial charge is 0.364 e. The van der Waals surface area contributed by atoms with Gasteiger partial charge in [0, 0.05) is 24.7 Å². The molecular weight excluding hydrogens is 268 g/mol. The number of hydrogen-bond acceptors (Lipinski definition) is 4. The average Bonchev–Trinajstić information content (AvgIpc) is 2.47. The number of nitrogens with two attached hydrogens (primary N) is 1. The van der Waals surface area contributed by atoms with Crippen LogP contribution >= 0.6 is 0 Å². The summed E-state index contributed by atoms with van der Waals surface area (Å²) in [5.41, 5.74) is 6.28. The van der Waals surface area contributed by atoms with Crippen LogP contribution in [-0.2, 0) is 11.2 Å². The number of piperidine rings is 1. The molecular formula is C15H22N4O2. The van der Waals surface area contributed by atoms with Crippen molar-refractivity contribution in [1.29, 1.82) is 0 Å². The van der Waals surface area contributed by atoms with Crippen LogP contribution < -0.4 is 5.73 Å². The Morgan fingerprint density at radius 1 is 1.43 bits per heavy atom. The summed E-state index contributed by atoms with van der Waals surface area (Å²) < 4.78 is 0. The van der Waals surface area contributed by atoms with Crippen LogP contribution in [0.3, 0.4) is 0 Å². The first-order valence-electron chi connectivity index (χ1n) is 7.37. The molecule has 1 aromatic heterocycles. The van der Waals surface area contributed by atoms with Gasteiger partial charge in [0.1, 0.15) is 12.0 Å². The molecule has 1 aliphatic heterocycles. The van der Waals surface area contributed by atoms with Crippen molar-refractivity contribution in [2.24, 2.45) is 17.6 Å². The summed E-state index contributed by atoms with van der Waals surface area (Å²) in [5, 5.41) is 0. The fourth-order valence-electron chi connectivity index (χ4n) is 2.74. The van der Waals surface area contributed by atoms with Crippen molar-refractivity contribution in [3.05, 3.63) is 23.8 Å². The van der Waals surface area contributed by atoms with Crippen molar-refractivity contribution in [1.82, 2.24) is 14.9 Å². The quantitative estimate of drug-likeness (QED) is 0.896. The van der Waals surface area contributed by atoms with E-state index in [9.17, 15) is 9.59 Å². The zero-order chi connectivity index (χ0) is 15.4. The van der Waals surface area contributed by atoms with Crippen LogP contribution in [0.25, 0.3) is 0 Å². The molecule has 2 heterocycles. The number of hydrogen-bond donors (Lipinski definition) is 1. The summed E-state index contributed by atoms with van der Waals surface area (Å²) in [6, 6.07) is 1.64. The molecule has 0 aliphatic carbocycles. The fraction of sp³-hybridized carbons (Fsp3) is 0.600. The van der Waals surface area contributed by atoms with Gasteiger partial charge in [-0.05, 0) is 31.2 Å². The van der Waals surface area contributed by atoms with Crippen LogP contribution in [0.4, 0.5) is 0 Å². The molecule has 1 fully saturated rings. The van der Waals surface area contributed by atoms with Gasteiger partial charge in [-0.25, -0.2) is 9.97 Å². The van der Waals surface area contributed by atoms with Crippen LogP contribution in [0, 0.1) is 11.8 Å². The third-order valence-electron chi connectivity index (χ3n) is 3.80. The highest BCUT2D eigenvalue weighted by Gasteiger charge is 2.25. The first-order valence-corrected chi connectivity index (χ1v) is 7.37. The third kappa shape index (κ3) is 4.00. The van der Waals surface area contributed by atoms with E-state index >= 15 is 0 Å². The number of primary amides is 1. The summed E-state index contributed by atoms with van der Waals surface area (Å²) in [6.45, 7) is 5.45. The van der Waals surface area contributed by atoms with Gasteiger partial charge in [0.2, 0.25) is 5.91 Å². The van der Waals surface area contributed by atoms with Crippen molar-refractivity contribution in [3.8, 4) is 0 Å².